The average Bonchev–Trinajstić information content (AvgIpc) is 2.82. The van der Waals surface area contributed by atoms with Gasteiger partial charge in [-0.05, 0) is 18.2 Å². The van der Waals surface area contributed by atoms with E-state index in [2.05, 4.69) is 4.98 Å². The number of ketones is 2. The number of benzene rings is 2. The van der Waals surface area contributed by atoms with Gasteiger partial charge in [0.25, 0.3) is 0 Å². The van der Waals surface area contributed by atoms with Gasteiger partial charge in [-0.25, -0.2) is 0 Å². The molecule has 0 unspecified atom stereocenters. The lowest BCUT2D eigenvalue weighted by Crippen LogP contribution is -2.20. The highest BCUT2D eigenvalue weighted by atomic mass is 16.1. The number of H-pyrrole nitrogens is 1. The first-order chi connectivity index (χ1) is 9.65. The van der Waals surface area contributed by atoms with Crippen LogP contribution in [0.5, 0.6) is 0 Å². The summed E-state index contributed by atoms with van der Waals surface area (Å²) in [5.74, 6) is 0.280. The minimum Gasteiger partial charge on any atom is -0.385 e. The highest BCUT2D eigenvalue weighted by Gasteiger charge is 2.29. The predicted molar refractivity (Wildman–Crippen MR) is 76.0 cm³/mol. The largest absolute Gasteiger partial charge is 0.385 e. The monoisotopic (exact) mass is 262 g/mol. The molecule has 0 spiro atoms. The minimum absolute atomic E-state index is 0.114. The Balaban J connectivity index is 2.07. The van der Waals surface area contributed by atoms with Crippen molar-refractivity contribution in [3.63, 3.8) is 0 Å². The fourth-order valence-electron chi connectivity index (χ4n) is 2.75. The van der Waals surface area contributed by atoms with E-state index in [1.165, 1.54) is 0 Å². The first-order valence-electron chi connectivity index (χ1n) is 6.26. The Labute approximate surface area is 114 Å². The van der Waals surface area contributed by atoms with E-state index in [9.17, 15) is 9.59 Å². The van der Waals surface area contributed by atoms with E-state index in [0.717, 1.165) is 10.9 Å². The van der Waals surface area contributed by atoms with Crippen molar-refractivity contribution in [2.24, 2.45) is 0 Å². The molecule has 0 fully saturated rings. The molecule has 4 rings (SSSR count). The zero-order valence-electron chi connectivity index (χ0n) is 10.4. The fourth-order valence-corrected chi connectivity index (χ4v) is 2.75. The number of nitrogens with two attached hydrogens (primary N) is 1. The number of rotatable bonds is 0. The normalized spacial score (nSPS) is 13.4. The lowest BCUT2D eigenvalue weighted by molar-refractivity contribution is 0.0979. The van der Waals surface area contributed by atoms with E-state index in [1.807, 2.05) is 0 Å². The molecule has 1 aromatic heterocycles. The SMILES string of the molecule is Nc1cc2cc3c(cc2[nH]1)C(=O)c1ccccc1C3=O. The topological polar surface area (TPSA) is 76.0 Å². The molecule has 20 heavy (non-hydrogen) atoms. The Hall–Kier alpha value is -2.88. The van der Waals surface area contributed by atoms with Gasteiger partial charge in [-0.1, -0.05) is 24.3 Å². The molecule has 0 bridgehead atoms. The molecule has 4 heteroatoms. The second-order valence-electron chi connectivity index (χ2n) is 4.91. The maximum Gasteiger partial charge on any atom is 0.194 e. The quantitative estimate of drug-likeness (QED) is 0.511. The summed E-state index contributed by atoms with van der Waals surface area (Å²) >= 11 is 0. The summed E-state index contributed by atoms with van der Waals surface area (Å²) in [6, 6.07) is 12.1. The van der Waals surface area contributed by atoms with E-state index in [-0.39, 0.29) is 11.6 Å². The van der Waals surface area contributed by atoms with Gasteiger partial charge >= 0.3 is 0 Å². The molecule has 2 aromatic carbocycles. The number of aromatic nitrogens is 1. The van der Waals surface area contributed by atoms with E-state index < -0.39 is 0 Å². The number of carbonyl (C=O) groups is 2. The van der Waals surface area contributed by atoms with Gasteiger partial charge in [0.2, 0.25) is 0 Å². The van der Waals surface area contributed by atoms with Crippen molar-refractivity contribution in [1.82, 2.24) is 4.98 Å². The Morgan fingerprint density at radius 2 is 1.40 bits per heavy atom. The number of nitrogen functional groups attached to an aromatic ring is 1. The molecule has 1 aliphatic rings. The maximum atomic E-state index is 12.5. The molecule has 1 heterocycles. The van der Waals surface area contributed by atoms with Crippen LogP contribution in [0.4, 0.5) is 5.82 Å². The van der Waals surface area contributed by atoms with Crippen molar-refractivity contribution < 1.29 is 9.59 Å². The van der Waals surface area contributed by atoms with E-state index >= 15 is 0 Å². The molecule has 96 valence electrons. The molecule has 0 radical (unpaired) electrons. The van der Waals surface area contributed by atoms with Gasteiger partial charge in [-0.2, -0.15) is 0 Å². The summed E-state index contributed by atoms with van der Waals surface area (Å²) in [4.78, 5) is 28.0. The molecule has 4 nitrogen and oxygen atoms in total. The number of hydrogen-bond acceptors (Lipinski definition) is 3. The summed E-state index contributed by atoms with van der Waals surface area (Å²) < 4.78 is 0. The number of carbonyl (C=O) groups excluding carboxylic acids is 2. The Kier molecular flexibility index (Phi) is 1.96. The van der Waals surface area contributed by atoms with Crippen LogP contribution in [0, 0.1) is 0 Å². The fraction of sp³-hybridized carbons (Fsp3) is 0. The number of hydrogen-bond donors (Lipinski definition) is 2. The van der Waals surface area contributed by atoms with Crippen molar-refractivity contribution in [2.75, 3.05) is 5.73 Å². The lowest BCUT2D eigenvalue weighted by Gasteiger charge is -2.17. The second kappa shape index (κ2) is 3.57. The molecule has 1 aliphatic carbocycles. The third-order valence-electron chi connectivity index (χ3n) is 3.69. The van der Waals surface area contributed by atoms with Crippen LogP contribution in [-0.4, -0.2) is 16.6 Å². The number of fused-ring (bicyclic) bond motifs is 3. The van der Waals surface area contributed by atoms with Crippen LogP contribution in [-0.2, 0) is 0 Å². The van der Waals surface area contributed by atoms with Gasteiger partial charge in [0.1, 0.15) is 5.82 Å². The summed E-state index contributed by atoms with van der Waals surface area (Å²) in [5.41, 5.74) is 8.29. The summed E-state index contributed by atoms with van der Waals surface area (Å²) in [6.07, 6.45) is 0. The molecule has 3 aromatic rings. The standard InChI is InChI=1S/C16H10N2O2/c17-14-6-8-5-11-12(7-13(8)18-14)16(20)10-4-2-1-3-9(10)15(11)19/h1-7,18H,17H2. The van der Waals surface area contributed by atoms with Gasteiger partial charge in [0.15, 0.2) is 11.6 Å². The van der Waals surface area contributed by atoms with Gasteiger partial charge in [0.05, 0.1) is 0 Å². The third kappa shape index (κ3) is 1.30. The molecule has 0 saturated heterocycles. The number of nitrogens with one attached hydrogen (secondary N) is 1. The van der Waals surface area contributed by atoms with E-state index in [4.69, 9.17) is 5.73 Å². The van der Waals surface area contributed by atoms with Crippen molar-refractivity contribution in [2.45, 2.75) is 0 Å². The van der Waals surface area contributed by atoms with Gasteiger partial charge in [-0.15, -0.1) is 0 Å². The van der Waals surface area contributed by atoms with Crippen molar-refractivity contribution in [1.29, 1.82) is 0 Å². The van der Waals surface area contributed by atoms with E-state index in [1.54, 1.807) is 42.5 Å². The molecule has 3 N–H and O–H groups in total. The number of anilines is 1. The van der Waals surface area contributed by atoms with Crippen LogP contribution < -0.4 is 5.73 Å². The zero-order valence-corrected chi connectivity index (χ0v) is 10.4. The maximum absolute atomic E-state index is 12.5. The van der Waals surface area contributed by atoms with Crippen molar-refractivity contribution in [3.8, 4) is 0 Å². The Morgan fingerprint density at radius 3 is 2.05 bits per heavy atom. The van der Waals surface area contributed by atoms with Crippen LogP contribution in [0.2, 0.25) is 0 Å². The molecule has 0 atom stereocenters. The zero-order chi connectivity index (χ0) is 13.9. The van der Waals surface area contributed by atoms with Gasteiger partial charge < -0.3 is 10.7 Å². The van der Waals surface area contributed by atoms with Crippen LogP contribution in [0.25, 0.3) is 10.9 Å². The molecule has 0 saturated carbocycles. The van der Waals surface area contributed by atoms with Crippen molar-refractivity contribution >= 4 is 28.3 Å². The highest BCUT2D eigenvalue weighted by molar-refractivity contribution is 6.29. The molecule has 0 amide bonds. The predicted octanol–water partition coefficient (Wildman–Crippen LogP) is 2.53. The molecular weight excluding hydrogens is 252 g/mol. The minimum atomic E-state index is -0.120. The number of aromatic amines is 1. The van der Waals surface area contributed by atoms with Crippen LogP contribution >= 0.6 is 0 Å². The second-order valence-corrected chi connectivity index (χ2v) is 4.91. The smallest absolute Gasteiger partial charge is 0.194 e. The lowest BCUT2D eigenvalue weighted by atomic mass is 9.83. The first kappa shape index (κ1) is 11.0. The first-order valence-corrected chi connectivity index (χ1v) is 6.26. The summed E-state index contributed by atoms with van der Waals surface area (Å²) in [6.45, 7) is 0. The molecule has 0 aliphatic heterocycles. The van der Waals surface area contributed by atoms with Crippen LogP contribution in [0.3, 0.4) is 0 Å². The average molecular weight is 262 g/mol. The Bertz CT molecular complexity index is 834. The van der Waals surface area contributed by atoms with Crippen molar-refractivity contribution in [3.05, 3.63) is 64.7 Å². The summed E-state index contributed by atoms with van der Waals surface area (Å²) in [7, 11) is 0. The van der Waals surface area contributed by atoms with Crippen LogP contribution in [0.1, 0.15) is 31.8 Å². The van der Waals surface area contributed by atoms with Gasteiger partial charge in [-0.3, -0.25) is 9.59 Å². The highest BCUT2D eigenvalue weighted by Crippen LogP contribution is 2.30. The third-order valence-corrected chi connectivity index (χ3v) is 3.69. The summed E-state index contributed by atoms with van der Waals surface area (Å²) in [5, 5.41) is 0.835. The molecular formula is C16H10N2O2. The Morgan fingerprint density at radius 1 is 0.800 bits per heavy atom. The van der Waals surface area contributed by atoms with Gasteiger partial charge in [0, 0.05) is 33.2 Å². The van der Waals surface area contributed by atoms with E-state index in [0.29, 0.717) is 28.1 Å². The van der Waals surface area contributed by atoms with Crippen LogP contribution in [0.15, 0.2) is 42.5 Å².